The van der Waals surface area contributed by atoms with E-state index in [1.165, 1.54) is 5.56 Å². The van der Waals surface area contributed by atoms with Gasteiger partial charge in [-0.1, -0.05) is 61.5 Å². The number of aryl methyl sites for hydroxylation is 1. The van der Waals surface area contributed by atoms with Gasteiger partial charge in [-0.05, 0) is 75.4 Å². The molecule has 6 heteroatoms. The second-order valence-electron chi connectivity index (χ2n) is 7.81. The van der Waals surface area contributed by atoms with Gasteiger partial charge >= 0.3 is 0 Å². The van der Waals surface area contributed by atoms with E-state index in [9.17, 15) is 14.4 Å². The molecular formula is C27H23IN2O3. The van der Waals surface area contributed by atoms with Crippen LogP contribution in [0.1, 0.15) is 38.8 Å². The highest BCUT2D eigenvalue weighted by Gasteiger charge is 2.19. The minimum atomic E-state index is -0.608. The predicted molar refractivity (Wildman–Crippen MR) is 139 cm³/mol. The van der Waals surface area contributed by atoms with Crippen molar-refractivity contribution in [2.24, 2.45) is 0 Å². The first-order valence-corrected chi connectivity index (χ1v) is 11.8. The van der Waals surface area contributed by atoms with Crippen LogP contribution < -0.4 is 10.9 Å². The molecule has 0 fully saturated rings. The van der Waals surface area contributed by atoms with E-state index in [0.29, 0.717) is 17.4 Å². The van der Waals surface area contributed by atoms with Crippen LogP contribution in [0.15, 0.2) is 83.7 Å². The van der Waals surface area contributed by atoms with Crippen LogP contribution in [0.5, 0.6) is 0 Å². The van der Waals surface area contributed by atoms with Crippen molar-refractivity contribution in [3.05, 3.63) is 115 Å². The first-order valence-electron chi connectivity index (χ1n) is 10.7. The molecule has 166 valence electrons. The summed E-state index contributed by atoms with van der Waals surface area (Å²) < 4.78 is 2.19. The molecule has 0 bridgehead atoms. The van der Waals surface area contributed by atoms with Crippen molar-refractivity contribution in [1.29, 1.82) is 0 Å². The van der Waals surface area contributed by atoms with E-state index in [1.807, 2.05) is 54.6 Å². The molecule has 1 heterocycles. The molecule has 0 saturated heterocycles. The second-order valence-corrected chi connectivity index (χ2v) is 9.05. The quantitative estimate of drug-likeness (QED) is 0.345. The summed E-state index contributed by atoms with van der Waals surface area (Å²) in [7, 11) is 0. The Balaban J connectivity index is 1.65. The Bertz CT molecular complexity index is 1370. The number of amides is 1. The van der Waals surface area contributed by atoms with Crippen LogP contribution in [0.2, 0.25) is 0 Å². The van der Waals surface area contributed by atoms with Crippen LogP contribution in [0.4, 0.5) is 0 Å². The van der Waals surface area contributed by atoms with E-state index in [-0.39, 0.29) is 17.9 Å². The summed E-state index contributed by atoms with van der Waals surface area (Å²) in [6, 6.07) is 24.2. The molecule has 4 aromatic rings. The Morgan fingerprint density at radius 1 is 0.879 bits per heavy atom. The lowest BCUT2D eigenvalue weighted by Gasteiger charge is -2.12. The zero-order valence-corrected chi connectivity index (χ0v) is 20.3. The van der Waals surface area contributed by atoms with Gasteiger partial charge in [0.15, 0.2) is 0 Å². The van der Waals surface area contributed by atoms with E-state index in [2.05, 4.69) is 34.8 Å². The number of nitrogens with one attached hydrogen (secondary N) is 1. The van der Waals surface area contributed by atoms with Crippen molar-refractivity contribution >= 4 is 45.3 Å². The minimum Gasteiger partial charge on any atom is -0.348 e. The van der Waals surface area contributed by atoms with Gasteiger partial charge < -0.3 is 5.32 Å². The van der Waals surface area contributed by atoms with Crippen LogP contribution in [0, 0.1) is 3.57 Å². The van der Waals surface area contributed by atoms with Crippen LogP contribution >= 0.6 is 22.6 Å². The van der Waals surface area contributed by atoms with Crippen LogP contribution in [0.3, 0.4) is 0 Å². The Labute approximate surface area is 205 Å². The molecule has 0 spiro atoms. The van der Waals surface area contributed by atoms with Crippen LogP contribution in [0.25, 0.3) is 10.9 Å². The number of pyridine rings is 1. The van der Waals surface area contributed by atoms with E-state index in [1.54, 1.807) is 24.3 Å². The molecular weight excluding hydrogens is 527 g/mol. The summed E-state index contributed by atoms with van der Waals surface area (Å²) in [5.41, 5.74) is 2.80. The third-order valence-electron chi connectivity index (χ3n) is 5.56. The average Bonchev–Trinajstić information content (AvgIpc) is 2.83. The molecule has 5 nitrogen and oxygen atoms in total. The standard InChI is InChI=1S/C27H23IN2O3/c1-2-18-7-9-20(10-8-18)17-29-26(32)23-16-21-5-3-4-6-24(21)30(27(23)33)25(31)15-19-11-13-22(28)14-12-19/h3-14,16H,2,15,17H2,1H3,(H,29,32). The van der Waals surface area contributed by atoms with E-state index < -0.39 is 11.5 Å². The summed E-state index contributed by atoms with van der Waals surface area (Å²) in [5.74, 6) is -0.872. The monoisotopic (exact) mass is 550 g/mol. The number of halogens is 1. The molecule has 0 aliphatic carbocycles. The van der Waals surface area contributed by atoms with Gasteiger partial charge in [0, 0.05) is 10.1 Å². The molecule has 3 aromatic carbocycles. The third kappa shape index (κ3) is 5.22. The average molecular weight is 550 g/mol. The Hall–Kier alpha value is -3.26. The Morgan fingerprint density at radius 3 is 2.21 bits per heavy atom. The number of aromatic nitrogens is 1. The van der Waals surface area contributed by atoms with Crippen molar-refractivity contribution in [1.82, 2.24) is 9.88 Å². The van der Waals surface area contributed by atoms with Gasteiger partial charge in [0.25, 0.3) is 11.5 Å². The van der Waals surface area contributed by atoms with Gasteiger partial charge in [-0.25, -0.2) is 4.57 Å². The summed E-state index contributed by atoms with van der Waals surface area (Å²) >= 11 is 2.20. The number of fused-ring (bicyclic) bond motifs is 1. The first kappa shape index (κ1) is 22.9. The number of hydrogen-bond acceptors (Lipinski definition) is 3. The molecule has 0 aliphatic heterocycles. The molecule has 0 radical (unpaired) electrons. The normalized spacial score (nSPS) is 10.8. The topological polar surface area (TPSA) is 68.2 Å². The summed E-state index contributed by atoms with van der Waals surface area (Å²) in [4.78, 5) is 39.4. The fourth-order valence-electron chi connectivity index (χ4n) is 3.70. The molecule has 33 heavy (non-hydrogen) atoms. The molecule has 0 saturated carbocycles. The van der Waals surface area contributed by atoms with Gasteiger partial charge in [0.2, 0.25) is 5.91 Å². The molecule has 0 aliphatic rings. The van der Waals surface area contributed by atoms with Crippen molar-refractivity contribution in [3.8, 4) is 0 Å². The molecule has 0 unspecified atom stereocenters. The number of para-hydroxylation sites is 1. The zero-order valence-electron chi connectivity index (χ0n) is 18.2. The van der Waals surface area contributed by atoms with Gasteiger partial charge in [0.05, 0.1) is 11.9 Å². The maximum atomic E-state index is 13.3. The van der Waals surface area contributed by atoms with Crippen molar-refractivity contribution in [2.75, 3.05) is 0 Å². The molecule has 1 aromatic heterocycles. The smallest absolute Gasteiger partial charge is 0.270 e. The maximum Gasteiger partial charge on any atom is 0.270 e. The number of hydrogen-bond donors (Lipinski definition) is 1. The summed E-state index contributed by atoms with van der Waals surface area (Å²) in [6.45, 7) is 2.38. The Kier molecular flexibility index (Phi) is 7.03. The minimum absolute atomic E-state index is 0.0464. The molecule has 4 rings (SSSR count). The third-order valence-corrected chi connectivity index (χ3v) is 6.28. The van der Waals surface area contributed by atoms with Gasteiger partial charge in [-0.15, -0.1) is 0 Å². The largest absolute Gasteiger partial charge is 0.348 e. The number of carbonyl (C=O) groups excluding carboxylic acids is 2. The fraction of sp³-hybridized carbons (Fsp3) is 0.148. The van der Waals surface area contributed by atoms with Crippen molar-refractivity contribution < 1.29 is 9.59 Å². The SMILES string of the molecule is CCc1ccc(CNC(=O)c2cc3ccccc3n(C(=O)Cc3ccc(I)cc3)c2=O)cc1. The zero-order chi connectivity index (χ0) is 23.4. The Morgan fingerprint density at radius 2 is 1.52 bits per heavy atom. The molecule has 1 amide bonds. The molecule has 1 N–H and O–H groups in total. The van der Waals surface area contributed by atoms with E-state index >= 15 is 0 Å². The fourth-order valence-corrected chi connectivity index (χ4v) is 4.06. The van der Waals surface area contributed by atoms with Gasteiger partial charge in [-0.2, -0.15) is 0 Å². The van der Waals surface area contributed by atoms with Crippen LogP contribution in [-0.2, 0) is 19.4 Å². The lowest BCUT2D eigenvalue weighted by Crippen LogP contribution is -2.36. The number of carbonyl (C=O) groups is 2. The number of benzene rings is 3. The van der Waals surface area contributed by atoms with Crippen molar-refractivity contribution in [2.45, 2.75) is 26.3 Å². The lowest BCUT2D eigenvalue weighted by molar-refractivity contribution is 0.0914. The second kappa shape index (κ2) is 10.1. The highest BCUT2D eigenvalue weighted by molar-refractivity contribution is 14.1. The van der Waals surface area contributed by atoms with Gasteiger partial charge in [0.1, 0.15) is 5.56 Å². The lowest BCUT2D eigenvalue weighted by atomic mass is 10.1. The van der Waals surface area contributed by atoms with E-state index in [0.717, 1.165) is 25.7 Å². The first-order chi connectivity index (χ1) is 16.0. The van der Waals surface area contributed by atoms with Gasteiger partial charge in [-0.3, -0.25) is 14.4 Å². The highest BCUT2D eigenvalue weighted by Crippen LogP contribution is 2.15. The van der Waals surface area contributed by atoms with E-state index in [4.69, 9.17) is 0 Å². The summed E-state index contributed by atoms with van der Waals surface area (Å²) in [5, 5.41) is 3.47. The van der Waals surface area contributed by atoms with Crippen molar-refractivity contribution in [3.63, 3.8) is 0 Å². The number of rotatable bonds is 6. The summed E-state index contributed by atoms with van der Waals surface area (Å²) in [6.07, 6.45) is 1.01. The number of nitrogens with zero attached hydrogens (tertiary/aromatic N) is 1. The van der Waals surface area contributed by atoms with Crippen LogP contribution in [-0.4, -0.2) is 16.4 Å². The predicted octanol–water partition coefficient (Wildman–Crippen LogP) is 4.98. The maximum absolute atomic E-state index is 13.3. The highest BCUT2D eigenvalue weighted by atomic mass is 127. The molecule has 0 atom stereocenters.